The van der Waals surface area contributed by atoms with Crippen molar-refractivity contribution in [1.29, 1.82) is 0 Å². The van der Waals surface area contributed by atoms with Crippen molar-refractivity contribution < 1.29 is 18.9 Å². The second-order valence-electron chi connectivity index (χ2n) is 7.14. The van der Waals surface area contributed by atoms with Crippen LogP contribution in [-0.4, -0.2) is 49.2 Å². The number of benzene rings is 1. The van der Waals surface area contributed by atoms with Crippen LogP contribution >= 0.6 is 0 Å². The highest BCUT2D eigenvalue weighted by atomic mass is 16.6. The van der Waals surface area contributed by atoms with Crippen molar-refractivity contribution in [3.8, 4) is 22.9 Å². The van der Waals surface area contributed by atoms with Gasteiger partial charge < -0.3 is 18.9 Å². The second-order valence-corrected chi connectivity index (χ2v) is 7.14. The Morgan fingerprint density at radius 3 is 2.90 bits per heavy atom. The summed E-state index contributed by atoms with van der Waals surface area (Å²) >= 11 is 0. The number of nitrogens with zero attached hydrogens (tertiary/aromatic N) is 2. The Labute approximate surface area is 177 Å². The first kappa shape index (κ1) is 22.1. The molecule has 2 aliphatic heterocycles. The maximum absolute atomic E-state index is 12.0. The smallest absolute Gasteiger partial charge is 0.351 e. The molecule has 162 valence electrons. The van der Waals surface area contributed by atoms with Crippen LogP contribution < -0.4 is 15.2 Å². The molecule has 1 fully saturated rings. The highest BCUT2D eigenvalue weighted by Gasteiger charge is 2.19. The van der Waals surface area contributed by atoms with E-state index in [0.29, 0.717) is 25.1 Å². The summed E-state index contributed by atoms with van der Waals surface area (Å²) in [6, 6.07) is 7.68. The number of ether oxygens (including phenoxy) is 4. The molecule has 0 amide bonds. The van der Waals surface area contributed by atoms with Gasteiger partial charge in [0.15, 0.2) is 0 Å². The van der Waals surface area contributed by atoms with E-state index in [1.54, 1.807) is 16.7 Å². The molecule has 2 aliphatic rings. The average Bonchev–Trinajstić information content (AvgIpc) is 2.78. The first-order valence-corrected chi connectivity index (χ1v) is 10.4. The molecule has 1 unspecified atom stereocenters. The summed E-state index contributed by atoms with van der Waals surface area (Å²) in [5.41, 5.74) is 2.74. The van der Waals surface area contributed by atoms with Crippen LogP contribution in [0.2, 0.25) is 0 Å². The summed E-state index contributed by atoms with van der Waals surface area (Å²) in [6.07, 6.45) is 5.20. The molecular weight excluding hydrogens is 384 g/mol. The molecule has 7 heteroatoms. The van der Waals surface area contributed by atoms with E-state index in [0.717, 1.165) is 55.2 Å². The van der Waals surface area contributed by atoms with Crippen molar-refractivity contribution in [1.82, 2.24) is 9.55 Å². The van der Waals surface area contributed by atoms with Crippen LogP contribution in [0.15, 0.2) is 41.7 Å². The molecule has 1 aromatic heterocycles. The number of rotatable bonds is 6. The third kappa shape index (κ3) is 5.49. The minimum Gasteiger partial charge on any atom is -0.490 e. The Bertz CT molecular complexity index is 900. The minimum absolute atomic E-state index is 0.276. The third-order valence-electron chi connectivity index (χ3n) is 5.02. The van der Waals surface area contributed by atoms with E-state index >= 15 is 0 Å². The van der Waals surface area contributed by atoms with Crippen LogP contribution in [0, 0.1) is 0 Å². The highest BCUT2D eigenvalue weighted by Crippen LogP contribution is 2.32. The van der Waals surface area contributed by atoms with Gasteiger partial charge in [-0.15, -0.1) is 0 Å². The van der Waals surface area contributed by atoms with Crippen molar-refractivity contribution >= 4 is 0 Å². The number of fused-ring (bicyclic) bond motifs is 3. The fourth-order valence-corrected chi connectivity index (χ4v) is 3.56. The maximum atomic E-state index is 12.0. The van der Waals surface area contributed by atoms with Gasteiger partial charge in [-0.1, -0.05) is 26.0 Å². The normalized spacial score (nSPS) is 17.1. The Balaban J connectivity index is 0.000000239. The summed E-state index contributed by atoms with van der Waals surface area (Å²) in [6.45, 7) is 9.26. The quantitative estimate of drug-likeness (QED) is 0.676. The van der Waals surface area contributed by atoms with Gasteiger partial charge in [-0.05, 0) is 36.6 Å². The van der Waals surface area contributed by atoms with Gasteiger partial charge in [-0.25, -0.2) is 4.79 Å². The van der Waals surface area contributed by atoms with Crippen LogP contribution in [0.4, 0.5) is 0 Å². The molecule has 0 saturated carbocycles. The average molecular weight is 415 g/mol. The predicted octanol–water partition coefficient (Wildman–Crippen LogP) is 3.24. The van der Waals surface area contributed by atoms with E-state index in [4.69, 9.17) is 18.9 Å². The van der Waals surface area contributed by atoms with Crippen LogP contribution in [0.1, 0.15) is 25.3 Å². The molecule has 0 spiro atoms. The largest absolute Gasteiger partial charge is 0.490 e. The van der Waals surface area contributed by atoms with Crippen LogP contribution in [0.3, 0.4) is 0 Å². The van der Waals surface area contributed by atoms with Gasteiger partial charge in [0.1, 0.15) is 12.4 Å². The maximum Gasteiger partial charge on any atom is 0.351 e. The van der Waals surface area contributed by atoms with Crippen LogP contribution in [-0.2, 0) is 22.4 Å². The molecule has 1 atom stereocenters. The molecule has 0 N–H and O–H groups in total. The van der Waals surface area contributed by atoms with Crippen LogP contribution in [0.25, 0.3) is 11.3 Å². The third-order valence-corrected chi connectivity index (χ3v) is 5.02. The van der Waals surface area contributed by atoms with Gasteiger partial charge in [0, 0.05) is 18.2 Å². The molecule has 0 aliphatic carbocycles. The topological polar surface area (TPSA) is 71.8 Å². The lowest BCUT2D eigenvalue weighted by atomic mass is 9.97. The van der Waals surface area contributed by atoms with E-state index in [9.17, 15) is 4.79 Å². The van der Waals surface area contributed by atoms with Crippen molar-refractivity contribution in [2.45, 2.75) is 38.8 Å². The van der Waals surface area contributed by atoms with Crippen molar-refractivity contribution in [3.63, 3.8) is 0 Å². The lowest BCUT2D eigenvalue weighted by Gasteiger charge is -2.22. The fourth-order valence-electron chi connectivity index (χ4n) is 3.56. The van der Waals surface area contributed by atoms with Crippen LogP contribution in [0.5, 0.6) is 11.6 Å². The molecule has 0 radical (unpaired) electrons. The summed E-state index contributed by atoms with van der Waals surface area (Å²) in [4.78, 5) is 15.9. The number of aryl methyl sites for hydroxylation is 1. The molecule has 3 heterocycles. The summed E-state index contributed by atoms with van der Waals surface area (Å²) < 4.78 is 22.9. The predicted molar refractivity (Wildman–Crippen MR) is 115 cm³/mol. The summed E-state index contributed by atoms with van der Waals surface area (Å²) in [5.74, 6) is 1.15. The molecule has 7 nitrogen and oxygen atoms in total. The highest BCUT2D eigenvalue weighted by molar-refractivity contribution is 5.67. The van der Waals surface area contributed by atoms with Gasteiger partial charge in [0.25, 0.3) is 0 Å². The van der Waals surface area contributed by atoms with Gasteiger partial charge in [-0.2, -0.15) is 4.98 Å². The zero-order valence-corrected chi connectivity index (χ0v) is 17.8. The Hall–Kier alpha value is -2.64. The Kier molecular flexibility index (Phi) is 8.04. The number of hydrogen-bond acceptors (Lipinski definition) is 6. The summed E-state index contributed by atoms with van der Waals surface area (Å²) in [7, 11) is 1.51. The van der Waals surface area contributed by atoms with Gasteiger partial charge >= 0.3 is 5.69 Å². The Morgan fingerprint density at radius 1 is 1.33 bits per heavy atom. The molecule has 1 aromatic carbocycles. The number of aromatic nitrogens is 2. The monoisotopic (exact) mass is 414 g/mol. The zero-order chi connectivity index (χ0) is 21.3. The van der Waals surface area contributed by atoms with E-state index < -0.39 is 0 Å². The lowest BCUT2D eigenvalue weighted by molar-refractivity contribution is -0.0906. The van der Waals surface area contributed by atoms with Crippen molar-refractivity contribution in [3.05, 3.63) is 53.0 Å². The number of hydrogen-bond donors (Lipinski definition) is 0. The zero-order valence-electron chi connectivity index (χ0n) is 17.8. The second kappa shape index (κ2) is 10.9. The van der Waals surface area contributed by atoms with Crippen molar-refractivity contribution in [2.75, 3.05) is 33.5 Å². The van der Waals surface area contributed by atoms with E-state index in [2.05, 4.69) is 18.5 Å². The fraction of sp³-hybridized carbons (Fsp3) is 0.478. The first-order chi connectivity index (χ1) is 14.7. The van der Waals surface area contributed by atoms with E-state index in [1.807, 2.05) is 18.2 Å². The minimum atomic E-state index is -0.276. The van der Waals surface area contributed by atoms with Gasteiger partial charge in [-0.3, -0.25) is 4.57 Å². The van der Waals surface area contributed by atoms with E-state index in [1.165, 1.54) is 13.5 Å². The van der Waals surface area contributed by atoms with Gasteiger partial charge in [0.05, 0.1) is 38.7 Å². The molecular formula is C23H30N2O5. The van der Waals surface area contributed by atoms with E-state index in [-0.39, 0.29) is 5.69 Å². The molecule has 0 bridgehead atoms. The first-order valence-electron chi connectivity index (χ1n) is 10.4. The Morgan fingerprint density at radius 2 is 2.20 bits per heavy atom. The molecule has 4 rings (SSSR count). The van der Waals surface area contributed by atoms with Gasteiger partial charge in [0.2, 0.25) is 5.88 Å². The molecule has 30 heavy (non-hydrogen) atoms. The standard InChI is InChI=1S/C16H16N2O3.C7H14O2/c1-3-8-21-12-4-5-13-11(9-12)6-7-18-14(13)10-15(20-2)17-16(18)19;1-2-3-7-6-8-4-5-9-7/h3-5,9-10H,1,6-8H2,2H3;7H,2-6H2,1H3. The SMILES string of the molecule is C=CCOc1ccc2c(c1)CCn1c-2cc(OC)nc1=O.CCCC1COCCO1. The lowest BCUT2D eigenvalue weighted by Crippen LogP contribution is -2.28. The molecule has 2 aromatic rings. The van der Waals surface area contributed by atoms with Crippen molar-refractivity contribution in [2.24, 2.45) is 0 Å². The summed E-state index contributed by atoms with van der Waals surface area (Å²) in [5, 5.41) is 0. The number of methoxy groups -OCH3 is 1. The molecule has 1 saturated heterocycles.